The van der Waals surface area contributed by atoms with E-state index in [1.807, 2.05) is 13.8 Å². The van der Waals surface area contributed by atoms with Crippen LogP contribution >= 0.6 is 0 Å². The molecule has 5 heteroatoms. The van der Waals surface area contributed by atoms with E-state index in [-0.39, 0.29) is 31.0 Å². The summed E-state index contributed by atoms with van der Waals surface area (Å²) in [6.45, 7) is 5.98. The van der Waals surface area contributed by atoms with Crippen molar-refractivity contribution in [2.45, 2.75) is 33.3 Å². The molecule has 0 radical (unpaired) electrons. The van der Waals surface area contributed by atoms with Gasteiger partial charge in [-0.1, -0.05) is 12.1 Å². The van der Waals surface area contributed by atoms with E-state index < -0.39 is 0 Å². The van der Waals surface area contributed by atoms with Crippen LogP contribution in [0.1, 0.15) is 26.3 Å². The maximum Gasteiger partial charge on any atom is 0.310 e. The van der Waals surface area contributed by atoms with Gasteiger partial charge in [0, 0.05) is 12.6 Å². The molecule has 0 aliphatic carbocycles. The second-order valence-corrected chi connectivity index (χ2v) is 4.69. The topological polar surface area (TPSA) is 64.6 Å². The van der Waals surface area contributed by atoms with Gasteiger partial charge in [-0.25, -0.2) is 0 Å². The molecule has 1 rings (SSSR count). The molecule has 0 unspecified atom stereocenters. The highest BCUT2D eigenvalue weighted by molar-refractivity contribution is 5.88. The van der Waals surface area contributed by atoms with E-state index >= 15 is 0 Å². The quantitative estimate of drug-likeness (QED) is 0.613. The Morgan fingerprint density at radius 3 is 2.35 bits per heavy atom. The highest BCUT2D eigenvalue weighted by Crippen LogP contribution is 2.10. The van der Waals surface area contributed by atoms with Gasteiger partial charge < -0.3 is 14.8 Å². The van der Waals surface area contributed by atoms with Crippen molar-refractivity contribution in [1.29, 1.82) is 0 Å². The Kier molecular flexibility index (Phi) is 6.73. The minimum absolute atomic E-state index is 0.123. The standard InChI is InChI=1S/C15H21NO4/c1-11(2)19-8-9-20-15(18)10-13-4-6-14(7-5-13)16-12(3)17/h4-7,11H,8-10H2,1-3H3,(H,16,17). The molecule has 1 aromatic carbocycles. The number of esters is 1. The summed E-state index contributed by atoms with van der Waals surface area (Å²) < 4.78 is 10.3. The van der Waals surface area contributed by atoms with Crippen LogP contribution in [0.3, 0.4) is 0 Å². The van der Waals surface area contributed by atoms with Crippen LogP contribution in [0.15, 0.2) is 24.3 Å². The molecule has 0 saturated carbocycles. The number of ether oxygens (including phenoxy) is 2. The molecule has 1 N–H and O–H groups in total. The van der Waals surface area contributed by atoms with Gasteiger partial charge in [-0.15, -0.1) is 0 Å². The number of nitrogens with one attached hydrogen (secondary N) is 1. The van der Waals surface area contributed by atoms with Crippen LogP contribution < -0.4 is 5.32 Å². The second kappa shape index (κ2) is 8.32. The highest BCUT2D eigenvalue weighted by Gasteiger charge is 2.05. The number of carbonyl (C=O) groups excluding carboxylic acids is 2. The zero-order valence-electron chi connectivity index (χ0n) is 12.1. The molecule has 0 bridgehead atoms. The van der Waals surface area contributed by atoms with E-state index in [2.05, 4.69) is 5.32 Å². The summed E-state index contributed by atoms with van der Waals surface area (Å²) in [4.78, 5) is 22.4. The summed E-state index contributed by atoms with van der Waals surface area (Å²) in [6, 6.07) is 7.09. The maximum atomic E-state index is 11.6. The summed E-state index contributed by atoms with van der Waals surface area (Å²) in [5.74, 6) is -0.410. The molecule has 0 aliphatic heterocycles. The van der Waals surface area contributed by atoms with Gasteiger partial charge >= 0.3 is 5.97 Å². The third kappa shape index (κ3) is 6.89. The molecule has 0 spiro atoms. The lowest BCUT2D eigenvalue weighted by Gasteiger charge is -2.08. The number of hydrogen-bond acceptors (Lipinski definition) is 4. The zero-order valence-corrected chi connectivity index (χ0v) is 12.1. The van der Waals surface area contributed by atoms with Gasteiger partial charge in [0.05, 0.1) is 19.1 Å². The Hall–Kier alpha value is -1.88. The van der Waals surface area contributed by atoms with E-state index in [1.54, 1.807) is 24.3 Å². The highest BCUT2D eigenvalue weighted by atomic mass is 16.6. The predicted octanol–water partition coefficient (Wildman–Crippen LogP) is 2.16. The molecule has 1 aromatic rings. The molecule has 0 fully saturated rings. The molecule has 20 heavy (non-hydrogen) atoms. The molecular weight excluding hydrogens is 258 g/mol. The van der Waals surface area contributed by atoms with E-state index in [9.17, 15) is 9.59 Å². The third-order valence-corrected chi connectivity index (χ3v) is 2.42. The van der Waals surface area contributed by atoms with Crippen LogP contribution in [0.25, 0.3) is 0 Å². The molecule has 0 heterocycles. The van der Waals surface area contributed by atoms with Gasteiger partial charge in [0.25, 0.3) is 0 Å². The minimum Gasteiger partial charge on any atom is -0.463 e. The van der Waals surface area contributed by atoms with Crippen LogP contribution in [0.2, 0.25) is 0 Å². The molecule has 0 atom stereocenters. The van der Waals surface area contributed by atoms with Gasteiger partial charge in [-0.05, 0) is 31.5 Å². The number of hydrogen-bond donors (Lipinski definition) is 1. The average molecular weight is 279 g/mol. The van der Waals surface area contributed by atoms with Crippen molar-refractivity contribution in [3.63, 3.8) is 0 Å². The number of amides is 1. The molecule has 0 aromatic heterocycles. The fourth-order valence-corrected chi connectivity index (χ4v) is 1.57. The predicted molar refractivity (Wildman–Crippen MR) is 76.5 cm³/mol. The van der Waals surface area contributed by atoms with Gasteiger partial charge in [0.2, 0.25) is 5.91 Å². The Labute approximate surface area is 119 Å². The van der Waals surface area contributed by atoms with Crippen LogP contribution in [-0.2, 0) is 25.5 Å². The molecule has 0 saturated heterocycles. The molecule has 110 valence electrons. The van der Waals surface area contributed by atoms with Gasteiger partial charge in [0.15, 0.2) is 0 Å². The van der Waals surface area contributed by atoms with Gasteiger partial charge in [0.1, 0.15) is 6.61 Å². The monoisotopic (exact) mass is 279 g/mol. The van der Waals surface area contributed by atoms with Gasteiger partial charge in [-0.3, -0.25) is 9.59 Å². The van der Waals surface area contributed by atoms with Crippen LogP contribution in [0.5, 0.6) is 0 Å². The van der Waals surface area contributed by atoms with E-state index in [0.29, 0.717) is 12.3 Å². The first-order valence-corrected chi connectivity index (χ1v) is 6.61. The maximum absolute atomic E-state index is 11.6. The Morgan fingerprint density at radius 2 is 1.80 bits per heavy atom. The SMILES string of the molecule is CC(=O)Nc1ccc(CC(=O)OCCOC(C)C)cc1. The number of anilines is 1. The van der Waals surface area contributed by atoms with Crippen molar-refractivity contribution in [3.05, 3.63) is 29.8 Å². The van der Waals surface area contributed by atoms with Crippen molar-refractivity contribution >= 4 is 17.6 Å². The fraction of sp³-hybridized carbons (Fsp3) is 0.467. The Morgan fingerprint density at radius 1 is 1.15 bits per heavy atom. The third-order valence-electron chi connectivity index (χ3n) is 2.42. The number of carbonyl (C=O) groups is 2. The summed E-state index contributed by atoms with van der Waals surface area (Å²) in [7, 11) is 0. The lowest BCUT2D eigenvalue weighted by molar-refractivity contribution is -0.144. The van der Waals surface area contributed by atoms with Crippen molar-refractivity contribution in [2.75, 3.05) is 18.5 Å². The summed E-state index contributed by atoms with van der Waals surface area (Å²) in [5.41, 5.74) is 1.55. The Bertz CT molecular complexity index is 440. The van der Waals surface area contributed by atoms with Crippen molar-refractivity contribution in [3.8, 4) is 0 Å². The first-order valence-electron chi connectivity index (χ1n) is 6.61. The first-order chi connectivity index (χ1) is 9.47. The number of benzene rings is 1. The van der Waals surface area contributed by atoms with Crippen molar-refractivity contribution in [2.24, 2.45) is 0 Å². The van der Waals surface area contributed by atoms with Crippen molar-refractivity contribution in [1.82, 2.24) is 0 Å². The van der Waals surface area contributed by atoms with E-state index in [4.69, 9.17) is 9.47 Å². The average Bonchev–Trinajstić information content (AvgIpc) is 2.36. The zero-order chi connectivity index (χ0) is 15.0. The Balaban J connectivity index is 2.33. The molecule has 1 amide bonds. The van der Waals surface area contributed by atoms with Crippen LogP contribution in [0.4, 0.5) is 5.69 Å². The first kappa shape index (κ1) is 16.2. The normalized spacial score (nSPS) is 10.4. The van der Waals surface area contributed by atoms with E-state index in [1.165, 1.54) is 6.92 Å². The number of rotatable bonds is 7. The van der Waals surface area contributed by atoms with Gasteiger partial charge in [-0.2, -0.15) is 0 Å². The van der Waals surface area contributed by atoms with Crippen LogP contribution in [0, 0.1) is 0 Å². The summed E-state index contributed by atoms with van der Waals surface area (Å²) >= 11 is 0. The molecule has 0 aliphatic rings. The largest absolute Gasteiger partial charge is 0.463 e. The minimum atomic E-state index is -0.287. The smallest absolute Gasteiger partial charge is 0.310 e. The molecular formula is C15H21NO4. The fourth-order valence-electron chi connectivity index (χ4n) is 1.57. The lowest BCUT2D eigenvalue weighted by atomic mass is 10.1. The lowest BCUT2D eigenvalue weighted by Crippen LogP contribution is -2.14. The van der Waals surface area contributed by atoms with E-state index in [0.717, 1.165) is 5.56 Å². The second-order valence-electron chi connectivity index (χ2n) is 4.69. The van der Waals surface area contributed by atoms with Crippen LogP contribution in [-0.4, -0.2) is 31.2 Å². The summed E-state index contributed by atoms with van der Waals surface area (Å²) in [5, 5.41) is 2.67. The molecule has 5 nitrogen and oxygen atoms in total. The van der Waals surface area contributed by atoms with Crippen molar-refractivity contribution < 1.29 is 19.1 Å². The summed E-state index contributed by atoms with van der Waals surface area (Å²) in [6.07, 6.45) is 0.345.